The van der Waals surface area contributed by atoms with Crippen molar-refractivity contribution >= 4 is 22.6 Å². The largest absolute Gasteiger partial charge is 0.326 e. The molecule has 0 saturated carbocycles. The lowest BCUT2D eigenvalue weighted by atomic mass is 10.1. The summed E-state index contributed by atoms with van der Waals surface area (Å²) in [6.45, 7) is 9.37. The van der Waals surface area contributed by atoms with Crippen molar-refractivity contribution in [2.24, 2.45) is 5.92 Å². The minimum Gasteiger partial charge on any atom is -0.326 e. The fourth-order valence-electron chi connectivity index (χ4n) is 4.12. The summed E-state index contributed by atoms with van der Waals surface area (Å²) < 4.78 is 2.33. The predicted octanol–water partition coefficient (Wildman–Crippen LogP) is 3.18. The van der Waals surface area contributed by atoms with E-state index in [-0.39, 0.29) is 5.91 Å². The van der Waals surface area contributed by atoms with Crippen LogP contribution in [0, 0.1) is 5.92 Å². The van der Waals surface area contributed by atoms with E-state index in [1.165, 1.54) is 5.56 Å². The highest BCUT2D eigenvalue weighted by Crippen LogP contribution is 2.22. The zero-order valence-electron chi connectivity index (χ0n) is 16.9. The first kappa shape index (κ1) is 18.7. The smallest absolute Gasteiger partial charge is 0.224 e. The highest BCUT2D eigenvalue weighted by molar-refractivity contribution is 5.93. The van der Waals surface area contributed by atoms with Crippen molar-refractivity contribution in [3.05, 3.63) is 59.9 Å². The van der Waals surface area contributed by atoms with E-state index in [1.54, 1.807) is 4.90 Å². The molecule has 28 heavy (non-hydrogen) atoms. The van der Waals surface area contributed by atoms with Gasteiger partial charge in [-0.2, -0.15) is 0 Å². The van der Waals surface area contributed by atoms with Gasteiger partial charge in [0.25, 0.3) is 0 Å². The monoisotopic (exact) mass is 377 g/mol. The van der Waals surface area contributed by atoms with Crippen LogP contribution in [0.3, 0.4) is 0 Å². The minimum absolute atomic E-state index is 0.0608. The Hall–Kier alpha value is -2.66. The lowest BCUT2D eigenvalue weighted by Crippen LogP contribution is -3.12. The summed E-state index contributed by atoms with van der Waals surface area (Å²) in [5.74, 6) is 1.54. The van der Waals surface area contributed by atoms with Crippen LogP contribution >= 0.6 is 0 Å². The third kappa shape index (κ3) is 3.80. The molecule has 1 unspecified atom stereocenters. The van der Waals surface area contributed by atoms with E-state index < -0.39 is 0 Å². The Kier molecular flexibility index (Phi) is 5.18. The third-order valence-electron chi connectivity index (χ3n) is 5.66. The predicted molar refractivity (Wildman–Crippen MR) is 112 cm³/mol. The van der Waals surface area contributed by atoms with Gasteiger partial charge in [-0.05, 0) is 31.0 Å². The van der Waals surface area contributed by atoms with Gasteiger partial charge in [-0.1, -0.05) is 44.2 Å². The summed E-state index contributed by atoms with van der Waals surface area (Å²) in [5, 5.41) is 3.00. The molecule has 0 radical (unpaired) electrons. The third-order valence-corrected chi connectivity index (χ3v) is 5.66. The number of nitrogens with zero attached hydrogens (tertiary/aromatic N) is 2. The summed E-state index contributed by atoms with van der Waals surface area (Å²) in [4.78, 5) is 18.5. The molecule has 2 atom stereocenters. The summed E-state index contributed by atoms with van der Waals surface area (Å²) >= 11 is 0. The van der Waals surface area contributed by atoms with Crippen molar-refractivity contribution < 1.29 is 9.69 Å². The first-order chi connectivity index (χ1) is 13.5. The van der Waals surface area contributed by atoms with Gasteiger partial charge in [-0.15, -0.1) is 0 Å². The molecule has 0 spiro atoms. The van der Waals surface area contributed by atoms with Gasteiger partial charge in [-0.3, -0.25) is 4.79 Å². The average molecular weight is 378 g/mol. The molecule has 0 bridgehead atoms. The van der Waals surface area contributed by atoms with Crippen molar-refractivity contribution in [3.8, 4) is 0 Å². The molecule has 0 fully saturated rings. The van der Waals surface area contributed by atoms with Crippen LogP contribution in [0.15, 0.2) is 48.5 Å². The number of rotatable bonds is 5. The molecule has 5 nitrogen and oxygen atoms in total. The molecule has 0 aliphatic carbocycles. The number of hydrogen-bond donors (Lipinski definition) is 2. The van der Waals surface area contributed by atoms with Gasteiger partial charge in [0, 0.05) is 17.7 Å². The van der Waals surface area contributed by atoms with Gasteiger partial charge < -0.3 is 14.8 Å². The van der Waals surface area contributed by atoms with Crippen LogP contribution in [-0.2, 0) is 17.9 Å². The fourth-order valence-corrected chi connectivity index (χ4v) is 4.12. The van der Waals surface area contributed by atoms with E-state index in [0.717, 1.165) is 42.2 Å². The number of aromatic nitrogens is 2. The number of anilines is 1. The van der Waals surface area contributed by atoms with Gasteiger partial charge in [-0.25, -0.2) is 4.98 Å². The van der Waals surface area contributed by atoms with E-state index in [4.69, 9.17) is 4.98 Å². The molecule has 1 aliphatic heterocycles. The molecule has 1 aromatic heterocycles. The quantitative estimate of drug-likeness (QED) is 0.718. The first-order valence-electron chi connectivity index (χ1n) is 10.2. The first-order valence-corrected chi connectivity index (χ1v) is 10.2. The molecular formula is C23H29N4O+. The molecule has 2 heterocycles. The Bertz CT molecular complexity index is 977. The Morgan fingerprint density at radius 3 is 2.71 bits per heavy atom. The topological polar surface area (TPSA) is 51.4 Å². The maximum atomic E-state index is 12.1. The molecule has 5 heteroatoms. The van der Waals surface area contributed by atoms with Gasteiger partial charge in [0.05, 0.1) is 24.1 Å². The maximum Gasteiger partial charge on any atom is 0.224 e. The second-order valence-electron chi connectivity index (χ2n) is 8.25. The second kappa shape index (κ2) is 7.76. The number of nitrogens with one attached hydrogen (secondary N) is 2. The SMILES string of the molecule is CC(C)CC(=O)Nc1ccc2c(c1)nc1n2CC[NH+]([C@@H](C)c2ccccc2)C1. The molecule has 2 aromatic carbocycles. The normalized spacial score (nSPS) is 17.5. The van der Waals surface area contributed by atoms with Crippen LogP contribution in [0.2, 0.25) is 0 Å². The van der Waals surface area contributed by atoms with Gasteiger partial charge >= 0.3 is 0 Å². The number of imidazole rings is 1. The molecule has 146 valence electrons. The van der Waals surface area contributed by atoms with Crippen LogP contribution in [0.25, 0.3) is 11.0 Å². The Labute approximate surface area is 166 Å². The lowest BCUT2D eigenvalue weighted by Gasteiger charge is -2.30. The average Bonchev–Trinajstić information content (AvgIpc) is 3.04. The standard InChI is InChI=1S/C23H28N4O/c1-16(2)13-23(28)24-19-9-10-21-20(14-19)25-22-15-26(11-12-27(21)22)17(3)18-7-5-4-6-8-18/h4-10,14,16-17H,11-13,15H2,1-3H3,(H,24,28)/p+1/t17-/m0/s1. The van der Waals surface area contributed by atoms with Crippen LogP contribution in [0.4, 0.5) is 5.69 Å². The van der Waals surface area contributed by atoms with Gasteiger partial charge in [0.15, 0.2) is 5.82 Å². The Morgan fingerprint density at radius 1 is 1.18 bits per heavy atom. The number of fused-ring (bicyclic) bond motifs is 3. The molecule has 3 aromatic rings. The number of quaternary nitrogens is 1. The second-order valence-corrected chi connectivity index (χ2v) is 8.25. The number of hydrogen-bond acceptors (Lipinski definition) is 2. The van der Waals surface area contributed by atoms with Crippen molar-refractivity contribution in [3.63, 3.8) is 0 Å². The zero-order valence-corrected chi connectivity index (χ0v) is 16.9. The highest BCUT2D eigenvalue weighted by Gasteiger charge is 2.27. The van der Waals surface area contributed by atoms with E-state index in [9.17, 15) is 4.79 Å². The van der Waals surface area contributed by atoms with E-state index in [1.807, 2.05) is 12.1 Å². The minimum atomic E-state index is 0.0608. The Balaban J connectivity index is 1.54. The Morgan fingerprint density at radius 2 is 1.96 bits per heavy atom. The number of amides is 1. The summed E-state index contributed by atoms with van der Waals surface area (Å²) in [6, 6.07) is 17.2. The molecule has 2 N–H and O–H groups in total. The van der Waals surface area contributed by atoms with E-state index >= 15 is 0 Å². The molecule has 0 saturated heterocycles. The van der Waals surface area contributed by atoms with Gasteiger partial charge in [0.1, 0.15) is 12.6 Å². The van der Waals surface area contributed by atoms with Crippen molar-refractivity contribution in [2.45, 2.75) is 46.3 Å². The number of carbonyl (C=O) groups is 1. The number of benzene rings is 2. The molecule has 4 rings (SSSR count). The van der Waals surface area contributed by atoms with Gasteiger partial charge in [0.2, 0.25) is 5.91 Å². The zero-order chi connectivity index (χ0) is 19.7. The van der Waals surface area contributed by atoms with E-state index in [0.29, 0.717) is 18.4 Å². The molecular weight excluding hydrogens is 348 g/mol. The molecule has 1 amide bonds. The maximum absolute atomic E-state index is 12.1. The highest BCUT2D eigenvalue weighted by atomic mass is 16.1. The number of carbonyl (C=O) groups excluding carboxylic acids is 1. The van der Waals surface area contributed by atoms with Crippen LogP contribution in [0.1, 0.15) is 44.6 Å². The summed E-state index contributed by atoms with van der Waals surface area (Å²) in [6.07, 6.45) is 0.535. The van der Waals surface area contributed by atoms with Crippen molar-refractivity contribution in [1.82, 2.24) is 9.55 Å². The van der Waals surface area contributed by atoms with Crippen LogP contribution in [0.5, 0.6) is 0 Å². The lowest BCUT2D eigenvalue weighted by molar-refractivity contribution is -0.947. The van der Waals surface area contributed by atoms with Crippen LogP contribution < -0.4 is 10.2 Å². The van der Waals surface area contributed by atoms with Crippen LogP contribution in [-0.4, -0.2) is 22.0 Å². The van der Waals surface area contributed by atoms with Crippen molar-refractivity contribution in [1.29, 1.82) is 0 Å². The summed E-state index contributed by atoms with van der Waals surface area (Å²) in [5.41, 5.74) is 4.32. The van der Waals surface area contributed by atoms with E-state index in [2.05, 4.69) is 67.1 Å². The fraction of sp³-hybridized carbons (Fsp3) is 0.391. The van der Waals surface area contributed by atoms with Crippen molar-refractivity contribution in [2.75, 3.05) is 11.9 Å². The molecule has 1 aliphatic rings. The summed E-state index contributed by atoms with van der Waals surface area (Å²) in [7, 11) is 0.